The average molecular weight is 240 g/mol. The van der Waals surface area contributed by atoms with Crippen molar-refractivity contribution in [1.29, 1.82) is 0 Å². The molecule has 4 nitrogen and oxygen atoms in total. The molecule has 1 heterocycles. The van der Waals surface area contributed by atoms with Crippen molar-refractivity contribution in [3.05, 3.63) is 54.3 Å². The van der Waals surface area contributed by atoms with Crippen LogP contribution in [0, 0.1) is 5.82 Å². The molecule has 0 aliphatic carbocycles. The van der Waals surface area contributed by atoms with Crippen LogP contribution in [0.5, 0.6) is 0 Å². The monoisotopic (exact) mass is 240 g/mol. The van der Waals surface area contributed by atoms with E-state index >= 15 is 0 Å². The molecule has 88 valence electrons. The number of fused-ring (bicyclic) bond motifs is 1. The van der Waals surface area contributed by atoms with Gasteiger partial charge in [0, 0.05) is 11.1 Å². The largest absolute Gasteiger partial charge is 0.338 e. The third-order valence-electron chi connectivity index (χ3n) is 2.56. The number of rotatable bonds is 2. The average Bonchev–Trinajstić information content (AvgIpc) is 2.42. The molecule has 5 heteroatoms. The van der Waals surface area contributed by atoms with Crippen molar-refractivity contribution in [3.63, 3.8) is 0 Å². The normalized spacial score (nSPS) is 10.5. The molecule has 0 unspecified atom stereocenters. The van der Waals surface area contributed by atoms with Crippen molar-refractivity contribution >= 4 is 22.4 Å². The number of halogens is 1. The third-order valence-corrected chi connectivity index (χ3v) is 2.56. The Kier molecular flexibility index (Phi) is 2.57. The van der Waals surface area contributed by atoms with Crippen LogP contribution in [-0.4, -0.2) is 15.4 Å². The van der Waals surface area contributed by atoms with Gasteiger partial charge in [0.05, 0.1) is 5.52 Å². The Balaban J connectivity index is 2.02. The van der Waals surface area contributed by atoms with Crippen LogP contribution in [0.1, 0.15) is 0 Å². The van der Waals surface area contributed by atoms with Gasteiger partial charge in [0.2, 0.25) is 0 Å². The zero-order valence-electron chi connectivity index (χ0n) is 9.34. The SMILES string of the molecule is Fc1ccc(Nc2nnnc3ccccc23)cc1. The molecule has 0 fully saturated rings. The van der Waals surface area contributed by atoms with Gasteiger partial charge in [0.25, 0.3) is 0 Å². The summed E-state index contributed by atoms with van der Waals surface area (Å²) in [5.74, 6) is 0.332. The Morgan fingerprint density at radius 3 is 2.50 bits per heavy atom. The van der Waals surface area contributed by atoms with Gasteiger partial charge in [-0.3, -0.25) is 0 Å². The van der Waals surface area contributed by atoms with Crippen molar-refractivity contribution in [2.24, 2.45) is 0 Å². The fraction of sp³-hybridized carbons (Fsp3) is 0. The van der Waals surface area contributed by atoms with E-state index in [1.54, 1.807) is 12.1 Å². The number of hydrogen-bond acceptors (Lipinski definition) is 4. The Morgan fingerprint density at radius 2 is 1.67 bits per heavy atom. The number of anilines is 2. The highest BCUT2D eigenvalue weighted by atomic mass is 19.1. The second-order valence-electron chi connectivity index (χ2n) is 3.79. The van der Waals surface area contributed by atoms with E-state index in [2.05, 4.69) is 20.7 Å². The summed E-state index contributed by atoms with van der Waals surface area (Å²) in [6.45, 7) is 0. The maximum absolute atomic E-state index is 12.8. The first-order valence-corrected chi connectivity index (χ1v) is 5.43. The van der Waals surface area contributed by atoms with Crippen LogP contribution >= 0.6 is 0 Å². The Morgan fingerprint density at radius 1 is 0.889 bits per heavy atom. The molecule has 3 rings (SSSR count). The lowest BCUT2D eigenvalue weighted by Crippen LogP contribution is -1.98. The van der Waals surface area contributed by atoms with Crippen molar-refractivity contribution in [2.75, 3.05) is 5.32 Å². The van der Waals surface area contributed by atoms with Crippen LogP contribution in [0.15, 0.2) is 48.5 Å². The summed E-state index contributed by atoms with van der Waals surface area (Å²) in [5, 5.41) is 15.6. The summed E-state index contributed by atoms with van der Waals surface area (Å²) in [7, 11) is 0. The lowest BCUT2D eigenvalue weighted by Gasteiger charge is -2.06. The van der Waals surface area contributed by atoms with E-state index < -0.39 is 0 Å². The smallest absolute Gasteiger partial charge is 0.164 e. The number of aromatic nitrogens is 3. The second kappa shape index (κ2) is 4.37. The molecule has 0 aliphatic rings. The molecule has 0 atom stereocenters. The van der Waals surface area contributed by atoms with Crippen molar-refractivity contribution in [3.8, 4) is 0 Å². The minimum absolute atomic E-state index is 0.272. The highest BCUT2D eigenvalue weighted by Gasteiger charge is 2.04. The van der Waals surface area contributed by atoms with Crippen molar-refractivity contribution in [2.45, 2.75) is 0 Å². The van der Waals surface area contributed by atoms with Gasteiger partial charge < -0.3 is 5.32 Å². The van der Waals surface area contributed by atoms with E-state index in [1.165, 1.54) is 12.1 Å². The van der Waals surface area contributed by atoms with E-state index in [4.69, 9.17) is 0 Å². The molecule has 0 bridgehead atoms. The van der Waals surface area contributed by atoms with Crippen molar-refractivity contribution in [1.82, 2.24) is 15.4 Å². The molecular weight excluding hydrogens is 231 g/mol. The molecule has 0 radical (unpaired) electrons. The quantitative estimate of drug-likeness (QED) is 0.748. The van der Waals surface area contributed by atoms with Crippen molar-refractivity contribution < 1.29 is 4.39 Å². The summed E-state index contributed by atoms with van der Waals surface area (Å²) in [6.07, 6.45) is 0. The fourth-order valence-corrected chi connectivity index (χ4v) is 1.69. The Labute approximate surface area is 102 Å². The lowest BCUT2D eigenvalue weighted by atomic mass is 10.2. The highest BCUT2D eigenvalue weighted by Crippen LogP contribution is 2.21. The van der Waals surface area contributed by atoms with Crippen LogP contribution in [0.3, 0.4) is 0 Å². The van der Waals surface area contributed by atoms with Crippen LogP contribution in [-0.2, 0) is 0 Å². The molecule has 1 aromatic heterocycles. The lowest BCUT2D eigenvalue weighted by molar-refractivity contribution is 0.628. The van der Waals surface area contributed by atoms with Crippen LogP contribution < -0.4 is 5.32 Å². The zero-order valence-corrected chi connectivity index (χ0v) is 9.34. The van der Waals surface area contributed by atoms with Gasteiger partial charge >= 0.3 is 0 Å². The molecular formula is C13H9FN4. The standard InChI is InChI=1S/C13H9FN4/c14-9-5-7-10(8-6-9)15-13-11-3-1-2-4-12(11)16-18-17-13/h1-8H,(H,15,16,17). The molecule has 18 heavy (non-hydrogen) atoms. The molecule has 3 aromatic rings. The zero-order chi connectivity index (χ0) is 12.4. The van der Waals surface area contributed by atoms with Crippen LogP contribution in [0.25, 0.3) is 10.9 Å². The first kappa shape index (κ1) is 10.6. The summed E-state index contributed by atoms with van der Waals surface area (Å²) in [4.78, 5) is 0. The van der Waals surface area contributed by atoms with Gasteiger partial charge in [-0.25, -0.2) is 4.39 Å². The Bertz CT molecular complexity index is 677. The first-order chi connectivity index (χ1) is 8.83. The van der Waals surface area contributed by atoms with Gasteiger partial charge in [-0.2, -0.15) is 0 Å². The number of nitrogens with zero attached hydrogens (tertiary/aromatic N) is 3. The minimum Gasteiger partial charge on any atom is -0.338 e. The van der Waals surface area contributed by atoms with Gasteiger partial charge in [-0.15, -0.1) is 10.2 Å². The van der Waals surface area contributed by atoms with E-state index in [0.717, 1.165) is 16.6 Å². The Hall–Kier alpha value is -2.56. The predicted molar refractivity (Wildman–Crippen MR) is 67.0 cm³/mol. The summed E-state index contributed by atoms with van der Waals surface area (Å²) in [5.41, 5.74) is 1.51. The maximum atomic E-state index is 12.8. The highest BCUT2D eigenvalue weighted by molar-refractivity contribution is 5.89. The summed E-state index contributed by atoms with van der Waals surface area (Å²) < 4.78 is 12.8. The van der Waals surface area contributed by atoms with Gasteiger partial charge in [0.1, 0.15) is 5.82 Å². The molecule has 2 aromatic carbocycles. The summed E-state index contributed by atoms with van der Waals surface area (Å²) >= 11 is 0. The minimum atomic E-state index is -0.272. The van der Waals surface area contributed by atoms with E-state index in [9.17, 15) is 4.39 Å². The first-order valence-electron chi connectivity index (χ1n) is 5.43. The predicted octanol–water partition coefficient (Wildman–Crippen LogP) is 2.91. The molecule has 0 spiro atoms. The fourth-order valence-electron chi connectivity index (χ4n) is 1.69. The number of nitrogens with one attached hydrogen (secondary N) is 1. The van der Waals surface area contributed by atoms with Gasteiger partial charge in [-0.05, 0) is 41.6 Å². The van der Waals surface area contributed by atoms with E-state index in [1.807, 2.05) is 24.3 Å². The number of hydrogen-bond donors (Lipinski definition) is 1. The molecule has 0 aliphatic heterocycles. The second-order valence-corrected chi connectivity index (χ2v) is 3.79. The topological polar surface area (TPSA) is 50.7 Å². The van der Waals surface area contributed by atoms with E-state index in [-0.39, 0.29) is 5.82 Å². The van der Waals surface area contributed by atoms with Gasteiger partial charge in [-0.1, -0.05) is 12.1 Å². The van der Waals surface area contributed by atoms with Crippen LogP contribution in [0.4, 0.5) is 15.9 Å². The molecule has 0 saturated carbocycles. The summed E-state index contributed by atoms with van der Waals surface area (Å²) in [6, 6.07) is 13.6. The van der Waals surface area contributed by atoms with Gasteiger partial charge in [0.15, 0.2) is 5.82 Å². The molecule has 0 amide bonds. The molecule has 0 saturated heterocycles. The third kappa shape index (κ3) is 1.98. The van der Waals surface area contributed by atoms with E-state index in [0.29, 0.717) is 5.82 Å². The molecule has 1 N–H and O–H groups in total. The maximum Gasteiger partial charge on any atom is 0.164 e. The van der Waals surface area contributed by atoms with Crippen LogP contribution in [0.2, 0.25) is 0 Å². The number of benzene rings is 2.